The number of hydrogen-bond donors (Lipinski definition) is 0. The van der Waals surface area contributed by atoms with E-state index in [2.05, 4.69) is 106 Å². The minimum Gasteiger partial charge on any atom is -0.462 e. The second kappa shape index (κ2) is 53.2. The first-order valence-electron chi connectivity index (χ1n) is 27.1. The van der Waals surface area contributed by atoms with Crippen LogP contribution in [0.4, 0.5) is 0 Å². The van der Waals surface area contributed by atoms with E-state index in [1.54, 1.807) is 0 Å². The molecule has 0 rings (SSSR count). The SMILES string of the molecule is CCCCCC=CCC=CCC=CCC=CCCCC(=O)OC[C@@H](COC(=O)CCCCCCCC=CCC=CCCCCC)OC(=O)CCCCCCCCCC=CCCCCCC. The molecule has 0 saturated carbocycles. The summed E-state index contributed by atoms with van der Waals surface area (Å²) in [5, 5.41) is 0. The van der Waals surface area contributed by atoms with Crippen molar-refractivity contribution in [3.8, 4) is 0 Å². The average molecular weight is 905 g/mol. The molecule has 0 aliphatic heterocycles. The minimum absolute atomic E-state index is 0.103. The molecular formula is C59H100O6. The summed E-state index contributed by atoms with van der Waals surface area (Å²) in [6.45, 7) is 6.51. The Labute approximate surface area is 401 Å². The number of ether oxygens (including phenoxy) is 3. The first kappa shape index (κ1) is 61.6. The molecule has 0 amide bonds. The number of unbranched alkanes of at least 4 members (excludes halogenated alkanes) is 23. The maximum atomic E-state index is 12.8. The lowest BCUT2D eigenvalue weighted by atomic mass is 10.1. The van der Waals surface area contributed by atoms with Gasteiger partial charge >= 0.3 is 17.9 Å². The van der Waals surface area contributed by atoms with Crippen molar-refractivity contribution in [2.45, 2.75) is 258 Å². The van der Waals surface area contributed by atoms with Gasteiger partial charge < -0.3 is 14.2 Å². The van der Waals surface area contributed by atoms with Gasteiger partial charge in [-0.05, 0) is 116 Å². The third-order valence-electron chi connectivity index (χ3n) is 11.3. The molecule has 0 N–H and O–H groups in total. The van der Waals surface area contributed by atoms with Gasteiger partial charge in [-0.1, -0.05) is 202 Å². The van der Waals surface area contributed by atoms with Gasteiger partial charge in [0, 0.05) is 19.3 Å². The molecule has 0 aromatic heterocycles. The van der Waals surface area contributed by atoms with Gasteiger partial charge in [0.1, 0.15) is 13.2 Å². The molecule has 0 spiro atoms. The van der Waals surface area contributed by atoms with Crippen LogP contribution in [0, 0.1) is 0 Å². The molecule has 6 nitrogen and oxygen atoms in total. The second-order valence-corrected chi connectivity index (χ2v) is 17.8. The molecule has 372 valence electrons. The molecule has 0 fully saturated rings. The summed E-state index contributed by atoms with van der Waals surface area (Å²) >= 11 is 0. The van der Waals surface area contributed by atoms with Crippen LogP contribution in [0.1, 0.15) is 252 Å². The van der Waals surface area contributed by atoms with Gasteiger partial charge in [0.15, 0.2) is 6.10 Å². The van der Waals surface area contributed by atoms with Crippen molar-refractivity contribution >= 4 is 17.9 Å². The van der Waals surface area contributed by atoms with Crippen LogP contribution >= 0.6 is 0 Å². The summed E-state index contributed by atoms with van der Waals surface area (Å²) in [6, 6.07) is 0. The normalized spacial score (nSPS) is 12.7. The minimum atomic E-state index is -0.807. The quantitative estimate of drug-likeness (QED) is 0.0262. The largest absolute Gasteiger partial charge is 0.462 e. The standard InChI is InChI=1S/C59H100O6/c1-4-7-10-13-16-19-22-25-28-29-32-34-37-40-43-46-49-52-58(61)64-55-56(65-59(62)53-50-47-44-41-38-35-31-27-24-21-18-15-12-9-6-3)54-63-57(60)51-48-45-42-39-36-33-30-26-23-20-17-14-11-8-5-2/h16-17,19-21,24-26,28,30,32,34,40,43,56H,4-15,18,22-23,27,29,31,33,35-39,41-42,44-55H2,1-3H3/t56-/m1/s1. The Kier molecular flexibility index (Phi) is 50.4. The topological polar surface area (TPSA) is 78.9 Å². The predicted octanol–water partition coefficient (Wildman–Crippen LogP) is 18.0. The molecule has 0 aromatic rings. The van der Waals surface area contributed by atoms with Gasteiger partial charge in [0.25, 0.3) is 0 Å². The van der Waals surface area contributed by atoms with Gasteiger partial charge in [0.2, 0.25) is 0 Å². The van der Waals surface area contributed by atoms with E-state index in [4.69, 9.17) is 14.2 Å². The van der Waals surface area contributed by atoms with E-state index in [9.17, 15) is 14.4 Å². The van der Waals surface area contributed by atoms with Crippen molar-refractivity contribution in [3.63, 3.8) is 0 Å². The number of esters is 3. The highest BCUT2D eigenvalue weighted by Crippen LogP contribution is 2.13. The third kappa shape index (κ3) is 51.4. The van der Waals surface area contributed by atoms with Gasteiger partial charge in [0.05, 0.1) is 0 Å². The third-order valence-corrected chi connectivity index (χ3v) is 11.3. The van der Waals surface area contributed by atoms with Crippen molar-refractivity contribution in [1.82, 2.24) is 0 Å². The van der Waals surface area contributed by atoms with Crippen LogP contribution in [0.15, 0.2) is 85.1 Å². The highest BCUT2D eigenvalue weighted by molar-refractivity contribution is 5.71. The Hall–Kier alpha value is -3.41. The molecule has 0 aliphatic carbocycles. The van der Waals surface area contributed by atoms with Crippen LogP contribution in [0.3, 0.4) is 0 Å². The van der Waals surface area contributed by atoms with E-state index in [1.165, 1.54) is 116 Å². The second-order valence-electron chi connectivity index (χ2n) is 17.8. The maximum Gasteiger partial charge on any atom is 0.306 e. The Bertz CT molecular complexity index is 1270. The van der Waals surface area contributed by atoms with Crippen LogP contribution in [0.2, 0.25) is 0 Å². The Morgan fingerprint density at radius 3 is 0.969 bits per heavy atom. The Balaban J connectivity index is 4.50. The van der Waals surface area contributed by atoms with E-state index < -0.39 is 6.10 Å². The van der Waals surface area contributed by atoms with E-state index in [0.717, 1.165) is 89.9 Å². The summed E-state index contributed by atoms with van der Waals surface area (Å²) in [4.78, 5) is 38.0. The fourth-order valence-corrected chi connectivity index (χ4v) is 7.22. The molecule has 0 unspecified atom stereocenters. The van der Waals surface area contributed by atoms with E-state index in [-0.39, 0.29) is 37.5 Å². The molecule has 65 heavy (non-hydrogen) atoms. The van der Waals surface area contributed by atoms with Crippen LogP contribution in [0.5, 0.6) is 0 Å². The van der Waals surface area contributed by atoms with Gasteiger partial charge in [-0.2, -0.15) is 0 Å². The molecule has 0 aromatic carbocycles. The zero-order valence-corrected chi connectivity index (χ0v) is 42.5. The smallest absolute Gasteiger partial charge is 0.306 e. The van der Waals surface area contributed by atoms with Crippen LogP contribution in [-0.2, 0) is 28.6 Å². The van der Waals surface area contributed by atoms with Crippen molar-refractivity contribution in [2.24, 2.45) is 0 Å². The summed E-state index contributed by atoms with van der Waals surface area (Å²) in [5.41, 5.74) is 0. The van der Waals surface area contributed by atoms with Crippen molar-refractivity contribution in [2.75, 3.05) is 13.2 Å². The highest BCUT2D eigenvalue weighted by atomic mass is 16.6. The predicted molar refractivity (Wildman–Crippen MR) is 279 cm³/mol. The van der Waals surface area contributed by atoms with E-state index in [1.807, 2.05) is 0 Å². The van der Waals surface area contributed by atoms with E-state index in [0.29, 0.717) is 19.3 Å². The zero-order chi connectivity index (χ0) is 47.2. The molecule has 6 heteroatoms. The lowest BCUT2D eigenvalue weighted by molar-refractivity contribution is -0.167. The molecule has 1 atom stereocenters. The van der Waals surface area contributed by atoms with Crippen LogP contribution in [0.25, 0.3) is 0 Å². The summed E-state index contributed by atoms with van der Waals surface area (Å²) < 4.78 is 16.8. The first-order chi connectivity index (χ1) is 32.0. The summed E-state index contributed by atoms with van der Waals surface area (Å²) in [6.07, 6.45) is 68.5. The molecule has 0 aliphatic rings. The average Bonchev–Trinajstić information content (AvgIpc) is 3.30. The fraction of sp³-hybridized carbons (Fsp3) is 0.712. The van der Waals surface area contributed by atoms with Crippen molar-refractivity contribution in [1.29, 1.82) is 0 Å². The number of allylic oxidation sites excluding steroid dienone is 14. The van der Waals surface area contributed by atoms with Gasteiger partial charge in [-0.3, -0.25) is 14.4 Å². The zero-order valence-electron chi connectivity index (χ0n) is 42.5. The number of carbonyl (C=O) groups excluding carboxylic acids is 3. The van der Waals surface area contributed by atoms with Gasteiger partial charge in [-0.25, -0.2) is 0 Å². The Morgan fingerprint density at radius 2 is 0.569 bits per heavy atom. The fourth-order valence-electron chi connectivity index (χ4n) is 7.22. The highest BCUT2D eigenvalue weighted by Gasteiger charge is 2.19. The number of carbonyl (C=O) groups is 3. The molecule has 0 saturated heterocycles. The first-order valence-corrected chi connectivity index (χ1v) is 27.1. The summed E-state index contributed by atoms with van der Waals surface area (Å²) in [7, 11) is 0. The maximum absolute atomic E-state index is 12.8. The van der Waals surface area contributed by atoms with E-state index >= 15 is 0 Å². The van der Waals surface area contributed by atoms with Crippen LogP contribution < -0.4 is 0 Å². The molecule has 0 heterocycles. The molecule has 0 radical (unpaired) electrons. The molecule has 0 bridgehead atoms. The number of hydrogen-bond acceptors (Lipinski definition) is 6. The lowest BCUT2D eigenvalue weighted by Crippen LogP contribution is -2.30. The summed E-state index contributed by atoms with van der Waals surface area (Å²) in [5.74, 6) is -0.977. The monoisotopic (exact) mass is 905 g/mol. The Morgan fingerprint density at radius 1 is 0.308 bits per heavy atom. The van der Waals surface area contributed by atoms with Crippen LogP contribution in [-0.4, -0.2) is 37.2 Å². The lowest BCUT2D eigenvalue weighted by Gasteiger charge is -2.18. The van der Waals surface area contributed by atoms with Crippen molar-refractivity contribution < 1.29 is 28.6 Å². The number of rotatable bonds is 48. The molecular weight excluding hydrogens is 805 g/mol. The van der Waals surface area contributed by atoms with Gasteiger partial charge in [-0.15, -0.1) is 0 Å². The van der Waals surface area contributed by atoms with Crippen molar-refractivity contribution in [3.05, 3.63) is 85.1 Å².